The first kappa shape index (κ1) is 16.7. The van der Waals surface area contributed by atoms with Crippen LogP contribution in [-0.2, 0) is 22.5 Å². The van der Waals surface area contributed by atoms with E-state index in [4.69, 9.17) is 4.74 Å². The van der Waals surface area contributed by atoms with Crippen LogP contribution in [0, 0.1) is 12.7 Å². The van der Waals surface area contributed by atoms with E-state index in [-0.39, 0.29) is 22.6 Å². The van der Waals surface area contributed by atoms with Crippen molar-refractivity contribution in [1.29, 1.82) is 0 Å². The van der Waals surface area contributed by atoms with E-state index >= 15 is 0 Å². The van der Waals surface area contributed by atoms with Gasteiger partial charge in [-0.2, -0.15) is 8.42 Å². The predicted octanol–water partition coefficient (Wildman–Crippen LogP) is 3.10. The van der Waals surface area contributed by atoms with E-state index in [2.05, 4.69) is 4.98 Å². The Labute approximate surface area is 135 Å². The molecule has 0 unspecified atom stereocenters. The Kier molecular flexibility index (Phi) is 3.61. The van der Waals surface area contributed by atoms with Gasteiger partial charge in [0.2, 0.25) is 5.88 Å². The Morgan fingerprint density at radius 1 is 1.38 bits per heavy atom. The molecule has 5 nitrogen and oxygen atoms in total. The lowest BCUT2D eigenvalue weighted by Gasteiger charge is -2.34. The number of aromatic nitrogens is 1. The van der Waals surface area contributed by atoms with Crippen LogP contribution < -0.4 is 4.74 Å². The second-order valence-corrected chi connectivity index (χ2v) is 6.80. The first-order valence-electron chi connectivity index (χ1n) is 6.79. The van der Waals surface area contributed by atoms with Crippen LogP contribution in [0.25, 0.3) is 11.1 Å². The minimum Gasteiger partial charge on any atom is -0.481 e. The normalized spacial score (nSPS) is 15.6. The number of fused-ring (bicyclic) bond motifs is 1. The van der Waals surface area contributed by atoms with Gasteiger partial charge in [-0.15, -0.1) is 0 Å². The number of alkyl halides is 2. The van der Waals surface area contributed by atoms with Crippen molar-refractivity contribution in [2.24, 2.45) is 0 Å². The van der Waals surface area contributed by atoms with Crippen molar-refractivity contribution in [3.05, 3.63) is 40.8 Å². The van der Waals surface area contributed by atoms with Crippen LogP contribution in [0.15, 0.2) is 23.2 Å². The third-order valence-electron chi connectivity index (χ3n) is 3.98. The van der Waals surface area contributed by atoms with Crippen molar-refractivity contribution < 1.29 is 30.9 Å². The Hall–Kier alpha value is -2.13. The molecule has 1 heterocycles. The van der Waals surface area contributed by atoms with Crippen molar-refractivity contribution in [2.45, 2.75) is 24.2 Å². The van der Waals surface area contributed by atoms with Crippen molar-refractivity contribution >= 4 is 10.1 Å². The quantitative estimate of drug-likeness (QED) is 0.853. The van der Waals surface area contributed by atoms with Gasteiger partial charge >= 0.3 is 0 Å². The zero-order valence-corrected chi connectivity index (χ0v) is 13.4. The first-order valence-corrected chi connectivity index (χ1v) is 8.23. The number of benzene rings is 1. The second kappa shape index (κ2) is 5.18. The molecule has 0 saturated carbocycles. The maximum Gasteiger partial charge on any atom is 0.295 e. The van der Waals surface area contributed by atoms with Crippen LogP contribution in [0.5, 0.6) is 5.88 Å². The summed E-state index contributed by atoms with van der Waals surface area (Å²) in [5, 5.41) is 0. The molecule has 0 saturated heterocycles. The van der Waals surface area contributed by atoms with Crippen LogP contribution in [0.2, 0.25) is 0 Å². The highest BCUT2D eigenvalue weighted by atomic mass is 32.2. The van der Waals surface area contributed by atoms with E-state index in [1.165, 1.54) is 32.4 Å². The summed E-state index contributed by atoms with van der Waals surface area (Å²) >= 11 is 0. The predicted molar refractivity (Wildman–Crippen MR) is 78.3 cm³/mol. The molecular formula is C15H12F3NO4S. The lowest BCUT2D eigenvalue weighted by atomic mass is 9.79. The van der Waals surface area contributed by atoms with Gasteiger partial charge in [-0.1, -0.05) is 0 Å². The maximum atomic E-state index is 14.4. The van der Waals surface area contributed by atoms with Gasteiger partial charge in [0.25, 0.3) is 16.0 Å². The molecule has 128 valence electrons. The molecule has 24 heavy (non-hydrogen) atoms. The Morgan fingerprint density at radius 3 is 2.58 bits per heavy atom. The molecule has 1 aromatic carbocycles. The number of pyridine rings is 1. The van der Waals surface area contributed by atoms with Crippen molar-refractivity contribution in [3.8, 4) is 17.0 Å². The van der Waals surface area contributed by atoms with Gasteiger partial charge < -0.3 is 4.74 Å². The Bertz CT molecular complexity index is 958. The van der Waals surface area contributed by atoms with E-state index < -0.39 is 44.3 Å². The number of halogens is 3. The van der Waals surface area contributed by atoms with Crippen LogP contribution in [0.3, 0.4) is 0 Å². The summed E-state index contributed by atoms with van der Waals surface area (Å²) in [6.07, 6.45) is 0.355. The number of ether oxygens (including phenoxy) is 1. The highest BCUT2D eigenvalue weighted by Crippen LogP contribution is 2.52. The molecule has 0 amide bonds. The fourth-order valence-corrected chi connectivity index (χ4v) is 3.98. The Morgan fingerprint density at radius 2 is 2.04 bits per heavy atom. The smallest absolute Gasteiger partial charge is 0.295 e. The van der Waals surface area contributed by atoms with Crippen molar-refractivity contribution in [2.75, 3.05) is 7.11 Å². The molecule has 1 aliphatic rings. The highest BCUT2D eigenvalue weighted by molar-refractivity contribution is 7.86. The third kappa shape index (κ3) is 2.35. The summed E-state index contributed by atoms with van der Waals surface area (Å²) in [6, 6.07) is 2.60. The summed E-state index contributed by atoms with van der Waals surface area (Å²) in [4.78, 5) is 2.86. The second-order valence-electron chi connectivity index (χ2n) is 5.44. The highest BCUT2D eigenvalue weighted by Gasteiger charge is 2.51. The number of hydrogen-bond acceptors (Lipinski definition) is 4. The van der Waals surface area contributed by atoms with E-state index in [1.807, 2.05) is 0 Å². The van der Waals surface area contributed by atoms with Crippen molar-refractivity contribution in [1.82, 2.24) is 4.98 Å². The Balaban J connectivity index is 2.46. The van der Waals surface area contributed by atoms with Gasteiger partial charge in [0.1, 0.15) is 10.7 Å². The molecule has 2 aromatic rings. The van der Waals surface area contributed by atoms with Crippen LogP contribution in [0.1, 0.15) is 16.7 Å². The summed E-state index contributed by atoms with van der Waals surface area (Å²) in [6.45, 7) is 1.27. The number of methoxy groups -OCH3 is 1. The van der Waals surface area contributed by atoms with E-state index in [0.717, 1.165) is 0 Å². The summed E-state index contributed by atoms with van der Waals surface area (Å²) in [7, 11) is -3.71. The first-order chi connectivity index (χ1) is 11.1. The molecule has 0 spiro atoms. The topological polar surface area (TPSA) is 76.5 Å². The molecule has 0 atom stereocenters. The van der Waals surface area contributed by atoms with Gasteiger partial charge in [-0.05, 0) is 24.1 Å². The minimum atomic E-state index is -5.02. The molecule has 0 fully saturated rings. The molecule has 9 heteroatoms. The van der Waals surface area contributed by atoms with Gasteiger partial charge in [0.05, 0.1) is 7.11 Å². The van der Waals surface area contributed by atoms with E-state index in [0.29, 0.717) is 0 Å². The van der Waals surface area contributed by atoms with E-state index in [9.17, 15) is 26.1 Å². The summed E-state index contributed by atoms with van der Waals surface area (Å²) in [5.41, 5.74) is -1.76. The van der Waals surface area contributed by atoms with Gasteiger partial charge in [-0.3, -0.25) is 4.55 Å². The molecule has 1 aromatic heterocycles. The van der Waals surface area contributed by atoms with Crippen LogP contribution >= 0.6 is 0 Å². The monoisotopic (exact) mass is 359 g/mol. The number of hydrogen-bond donors (Lipinski definition) is 1. The van der Waals surface area contributed by atoms with E-state index in [1.54, 1.807) is 0 Å². The molecule has 1 N–H and O–H groups in total. The van der Waals surface area contributed by atoms with Crippen molar-refractivity contribution in [3.63, 3.8) is 0 Å². The number of nitrogens with zero attached hydrogens (tertiary/aromatic N) is 1. The zero-order valence-electron chi connectivity index (χ0n) is 12.6. The molecule has 0 bridgehead atoms. The fraction of sp³-hybridized carbons (Fsp3) is 0.267. The lowest BCUT2D eigenvalue weighted by molar-refractivity contribution is -0.0343. The molecule has 0 aliphatic heterocycles. The molecule has 0 radical (unpaired) electrons. The van der Waals surface area contributed by atoms with Gasteiger partial charge in [0.15, 0.2) is 0 Å². The zero-order chi connectivity index (χ0) is 17.9. The molecular weight excluding hydrogens is 347 g/mol. The SMILES string of the molecule is COc1cc(-c2c(C)c(F)c3c(c2S(=O)(=O)O)C(F)(F)C3)ccn1. The average Bonchev–Trinajstić information content (AvgIpc) is 2.49. The molecule has 3 rings (SSSR count). The van der Waals surface area contributed by atoms with Crippen LogP contribution in [-0.4, -0.2) is 25.1 Å². The number of rotatable bonds is 3. The maximum absolute atomic E-state index is 14.4. The van der Waals surface area contributed by atoms with Crippen LogP contribution in [0.4, 0.5) is 13.2 Å². The molecule has 1 aliphatic carbocycles. The summed E-state index contributed by atoms with van der Waals surface area (Å²) in [5.74, 6) is -4.35. The minimum absolute atomic E-state index is 0.0862. The fourth-order valence-electron chi connectivity index (χ4n) is 2.92. The summed E-state index contributed by atoms with van der Waals surface area (Å²) < 4.78 is 80.2. The standard InChI is InChI=1S/C15H12F3NO4S/c1-7-11(8-3-4-19-10(5-8)23-2)14(24(20,21)22)12-9(13(7)16)6-15(12,17)18/h3-5H,6H2,1-2H3,(H,20,21,22). The lowest BCUT2D eigenvalue weighted by Crippen LogP contribution is -2.34. The van der Waals surface area contributed by atoms with Gasteiger partial charge in [0, 0.05) is 35.4 Å². The largest absolute Gasteiger partial charge is 0.481 e. The van der Waals surface area contributed by atoms with Gasteiger partial charge in [-0.25, -0.2) is 18.2 Å². The average molecular weight is 359 g/mol. The third-order valence-corrected chi connectivity index (χ3v) is 4.90.